The van der Waals surface area contributed by atoms with Crippen LogP contribution in [0, 0.1) is 0 Å². The quantitative estimate of drug-likeness (QED) is 0.115. The van der Waals surface area contributed by atoms with Crippen molar-refractivity contribution in [3.05, 3.63) is 87.9 Å². The summed E-state index contributed by atoms with van der Waals surface area (Å²) in [6.45, 7) is 13.4. The van der Waals surface area contributed by atoms with Crippen molar-refractivity contribution in [2.45, 2.75) is 38.1 Å². The van der Waals surface area contributed by atoms with Crippen LogP contribution >= 0.6 is 11.6 Å². The molecule has 2 N–H and O–H groups in total. The molecule has 2 aliphatic rings. The molecule has 2 atom stereocenters. The average molecular weight is 768 g/mol. The Hall–Kier alpha value is -3.75. The van der Waals surface area contributed by atoms with Gasteiger partial charge in [-0.3, -0.25) is 14.5 Å². The first-order valence-corrected chi connectivity index (χ1v) is 18.9. The van der Waals surface area contributed by atoms with Crippen LogP contribution in [0.2, 0.25) is 5.02 Å². The van der Waals surface area contributed by atoms with Crippen LogP contribution in [0.15, 0.2) is 60.7 Å². The van der Waals surface area contributed by atoms with Gasteiger partial charge < -0.3 is 43.8 Å². The van der Waals surface area contributed by atoms with Crippen molar-refractivity contribution in [2.24, 2.45) is 5.73 Å². The van der Waals surface area contributed by atoms with E-state index in [0.29, 0.717) is 114 Å². The van der Waals surface area contributed by atoms with E-state index in [0.717, 1.165) is 22.6 Å². The third kappa shape index (κ3) is 10.5. The molecular formula is C41H54ClN3O9. The minimum absolute atomic E-state index is 0.201. The number of rotatable bonds is 20. The molecule has 294 valence electrons. The molecule has 5 rings (SSSR count). The predicted molar refractivity (Wildman–Crippen MR) is 208 cm³/mol. The second-order valence-corrected chi connectivity index (χ2v) is 14.4. The summed E-state index contributed by atoms with van der Waals surface area (Å²) < 4.78 is 39.2. The summed E-state index contributed by atoms with van der Waals surface area (Å²) in [6.07, 6.45) is 0. The normalized spacial score (nSPS) is 16.9. The zero-order valence-electron chi connectivity index (χ0n) is 31.9. The van der Waals surface area contributed by atoms with Crippen LogP contribution in [0.1, 0.15) is 59.8 Å². The fourth-order valence-corrected chi connectivity index (χ4v) is 7.21. The Morgan fingerprint density at radius 3 is 2.09 bits per heavy atom. The topological polar surface area (TPSA) is 131 Å². The number of ether oxygens (including phenoxy) is 7. The molecule has 0 aliphatic carbocycles. The summed E-state index contributed by atoms with van der Waals surface area (Å²) >= 11 is 6.87. The van der Waals surface area contributed by atoms with Gasteiger partial charge in [0.25, 0.3) is 5.91 Å². The molecule has 0 fully saturated rings. The van der Waals surface area contributed by atoms with Crippen LogP contribution in [-0.2, 0) is 38.6 Å². The Morgan fingerprint density at radius 1 is 0.852 bits per heavy atom. The van der Waals surface area contributed by atoms with E-state index in [1.807, 2.05) is 48.5 Å². The molecule has 3 aromatic carbocycles. The molecule has 13 heteroatoms. The summed E-state index contributed by atoms with van der Waals surface area (Å²) in [5, 5.41) is 0.547. The maximum atomic E-state index is 14.4. The first-order valence-electron chi connectivity index (χ1n) is 18.6. The first kappa shape index (κ1) is 41.4. The van der Waals surface area contributed by atoms with Crippen molar-refractivity contribution >= 4 is 34.9 Å². The van der Waals surface area contributed by atoms with Crippen molar-refractivity contribution in [1.82, 2.24) is 0 Å². The van der Waals surface area contributed by atoms with E-state index < -0.39 is 17.9 Å². The number of nitrogens with two attached hydrogens (primary N) is 1. The van der Waals surface area contributed by atoms with Gasteiger partial charge in [0.05, 0.1) is 91.5 Å². The van der Waals surface area contributed by atoms with Crippen LogP contribution in [0.3, 0.4) is 0 Å². The molecule has 3 aromatic rings. The SMILES string of the molecule is COC(=O)[C@H]1c2ccccc2C(=O)N(c2ccc(C(C)(C)C)c(Cl)c2)[C@@H]1c1ccc2c(c1)N(CCOCCOCCOCCOCCOCCN)CCO2. The molecule has 0 aromatic heterocycles. The number of nitrogens with zero attached hydrogens (tertiary/aromatic N) is 2. The maximum absolute atomic E-state index is 14.4. The average Bonchev–Trinajstić information content (AvgIpc) is 3.16. The standard InChI is InChI=1S/C41H54ClN3O9/c1-41(2,3)33-11-10-30(28-34(33)42)45-38(37(40(47)48-4)31-7-5-6-8-32(31)39(45)46)29-9-12-36-35(27-29)44(15-18-54-36)14-17-50-20-22-52-24-26-53-25-23-51-21-19-49-16-13-43/h5-12,27-28,37-38H,13-26,43H2,1-4H3/t37-,38+/m0/s1. The Balaban J connectivity index is 1.25. The molecule has 0 unspecified atom stereocenters. The first-order chi connectivity index (χ1) is 26.2. The molecular weight excluding hydrogens is 714 g/mol. The molecule has 0 radical (unpaired) electrons. The van der Waals surface area contributed by atoms with E-state index in [9.17, 15) is 9.59 Å². The Morgan fingerprint density at radius 2 is 1.48 bits per heavy atom. The molecule has 2 aliphatic heterocycles. The number of hydrogen-bond donors (Lipinski definition) is 1. The summed E-state index contributed by atoms with van der Waals surface area (Å²) in [5.41, 5.74) is 9.42. The number of carbonyl (C=O) groups is 2. The summed E-state index contributed by atoms with van der Waals surface area (Å²) in [5.74, 6) is -0.739. The van der Waals surface area contributed by atoms with Gasteiger partial charge in [0.1, 0.15) is 18.3 Å². The van der Waals surface area contributed by atoms with Crippen molar-refractivity contribution in [2.75, 3.05) is 109 Å². The number of halogens is 1. The summed E-state index contributed by atoms with van der Waals surface area (Å²) in [7, 11) is 1.38. The lowest BCUT2D eigenvalue weighted by Crippen LogP contribution is -2.45. The van der Waals surface area contributed by atoms with Crippen LogP contribution < -0.4 is 20.3 Å². The number of hydrogen-bond acceptors (Lipinski definition) is 11. The Labute approximate surface area is 323 Å². The second-order valence-electron chi connectivity index (χ2n) is 14.0. The summed E-state index contributed by atoms with van der Waals surface area (Å²) in [6, 6.07) is 18.0. The minimum Gasteiger partial charge on any atom is -0.490 e. The van der Waals surface area contributed by atoms with Crippen LogP contribution in [-0.4, -0.2) is 111 Å². The summed E-state index contributed by atoms with van der Waals surface area (Å²) in [4.78, 5) is 32.0. The van der Waals surface area contributed by atoms with Gasteiger partial charge in [0, 0.05) is 29.4 Å². The second kappa shape index (κ2) is 20.2. The number of esters is 1. The van der Waals surface area contributed by atoms with Gasteiger partial charge in [-0.1, -0.05) is 62.7 Å². The van der Waals surface area contributed by atoms with E-state index in [2.05, 4.69) is 25.7 Å². The van der Waals surface area contributed by atoms with Crippen molar-refractivity contribution in [1.29, 1.82) is 0 Å². The molecule has 0 bridgehead atoms. The lowest BCUT2D eigenvalue weighted by Gasteiger charge is -2.42. The van der Waals surface area contributed by atoms with Gasteiger partial charge in [0.2, 0.25) is 0 Å². The molecule has 12 nitrogen and oxygen atoms in total. The minimum atomic E-state index is -0.797. The third-order valence-corrected chi connectivity index (χ3v) is 9.69. The zero-order valence-corrected chi connectivity index (χ0v) is 32.6. The fraction of sp³-hybridized carbons (Fsp3) is 0.512. The number of anilines is 2. The van der Waals surface area contributed by atoms with Crippen LogP contribution in [0.25, 0.3) is 0 Å². The predicted octanol–water partition coefficient (Wildman–Crippen LogP) is 5.54. The number of benzene rings is 3. The van der Waals surface area contributed by atoms with Gasteiger partial charge in [-0.25, -0.2) is 0 Å². The van der Waals surface area contributed by atoms with E-state index in [-0.39, 0.29) is 11.3 Å². The van der Waals surface area contributed by atoms with Crippen molar-refractivity contribution < 1.29 is 42.7 Å². The highest BCUT2D eigenvalue weighted by atomic mass is 35.5. The highest BCUT2D eigenvalue weighted by Crippen LogP contribution is 2.48. The number of amides is 1. The molecule has 0 spiro atoms. The lowest BCUT2D eigenvalue weighted by molar-refractivity contribution is -0.143. The molecule has 1 amide bonds. The highest BCUT2D eigenvalue weighted by molar-refractivity contribution is 6.32. The number of methoxy groups -OCH3 is 1. The number of fused-ring (bicyclic) bond motifs is 2. The fourth-order valence-electron chi connectivity index (χ4n) is 6.75. The Kier molecular flexibility index (Phi) is 15.5. The van der Waals surface area contributed by atoms with Crippen molar-refractivity contribution in [3.63, 3.8) is 0 Å². The van der Waals surface area contributed by atoms with Gasteiger partial charge in [0.15, 0.2) is 0 Å². The zero-order chi connectivity index (χ0) is 38.5. The molecule has 54 heavy (non-hydrogen) atoms. The van der Waals surface area contributed by atoms with E-state index in [4.69, 9.17) is 50.5 Å². The molecule has 0 saturated carbocycles. The largest absolute Gasteiger partial charge is 0.490 e. The van der Waals surface area contributed by atoms with E-state index in [1.54, 1.807) is 17.0 Å². The van der Waals surface area contributed by atoms with Gasteiger partial charge in [-0.05, 0) is 52.4 Å². The maximum Gasteiger partial charge on any atom is 0.315 e. The van der Waals surface area contributed by atoms with E-state index >= 15 is 0 Å². The highest BCUT2D eigenvalue weighted by Gasteiger charge is 2.46. The third-order valence-electron chi connectivity index (χ3n) is 9.37. The van der Waals surface area contributed by atoms with Crippen LogP contribution in [0.4, 0.5) is 11.4 Å². The van der Waals surface area contributed by atoms with Crippen LogP contribution in [0.5, 0.6) is 5.75 Å². The Bertz CT molecular complexity index is 1680. The van der Waals surface area contributed by atoms with E-state index in [1.165, 1.54) is 7.11 Å². The smallest absolute Gasteiger partial charge is 0.315 e. The van der Waals surface area contributed by atoms with Gasteiger partial charge in [-0.2, -0.15) is 0 Å². The monoisotopic (exact) mass is 767 g/mol. The molecule has 0 saturated heterocycles. The van der Waals surface area contributed by atoms with Gasteiger partial charge in [-0.15, -0.1) is 0 Å². The molecule has 2 heterocycles. The number of carbonyl (C=O) groups excluding carboxylic acids is 2. The van der Waals surface area contributed by atoms with Crippen molar-refractivity contribution in [3.8, 4) is 5.75 Å². The lowest BCUT2D eigenvalue weighted by atomic mass is 9.79. The van der Waals surface area contributed by atoms with Gasteiger partial charge >= 0.3 is 5.97 Å².